The van der Waals surface area contributed by atoms with Gasteiger partial charge in [0.25, 0.3) is 5.56 Å². The lowest BCUT2D eigenvalue weighted by Crippen LogP contribution is -2.50. The summed E-state index contributed by atoms with van der Waals surface area (Å²) in [6.07, 6.45) is 6.04. The summed E-state index contributed by atoms with van der Waals surface area (Å²) in [5.74, 6) is 0.490. The highest BCUT2D eigenvalue weighted by atomic mass is 32.2. The third-order valence-electron chi connectivity index (χ3n) is 7.66. The molecule has 2 N–H and O–H groups in total. The number of ketones is 1. The smallest absolute Gasteiger partial charge is 0.368 e. The van der Waals surface area contributed by atoms with Crippen molar-refractivity contribution in [2.75, 3.05) is 42.9 Å². The van der Waals surface area contributed by atoms with E-state index < -0.39 is 16.4 Å². The van der Waals surface area contributed by atoms with E-state index in [0.717, 1.165) is 35.7 Å². The molecule has 1 amide bonds. The number of pyridine rings is 2. The van der Waals surface area contributed by atoms with Gasteiger partial charge in [0.1, 0.15) is 11.5 Å². The third kappa shape index (κ3) is 5.92. The number of fused-ring (bicyclic) bond motifs is 1. The van der Waals surface area contributed by atoms with Crippen LogP contribution in [0.1, 0.15) is 61.5 Å². The zero-order valence-corrected chi connectivity index (χ0v) is 24.6. The molecule has 0 spiro atoms. The summed E-state index contributed by atoms with van der Waals surface area (Å²) in [4.78, 5) is 52.9. The number of piperazine rings is 1. The van der Waals surface area contributed by atoms with Crippen LogP contribution in [-0.2, 0) is 14.5 Å². The Kier molecular flexibility index (Phi) is 8.41. The number of Topliss-reactive ketones (excluding diaryl/α,β-unsaturated/α-hetero) is 1. The van der Waals surface area contributed by atoms with Gasteiger partial charge >= 0.3 is 16.4 Å². The molecule has 14 nitrogen and oxygen atoms in total. The first-order chi connectivity index (χ1) is 20.1. The van der Waals surface area contributed by atoms with E-state index >= 15 is 0 Å². The van der Waals surface area contributed by atoms with Gasteiger partial charge in [-0.25, -0.2) is 14.8 Å². The van der Waals surface area contributed by atoms with Crippen LogP contribution in [0.5, 0.6) is 0 Å². The highest BCUT2D eigenvalue weighted by Gasteiger charge is 2.30. The number of carbonyl (C=O) groups is 2. The van der Waals surface area contributed by atoms with Crippen molar-refractivity contribution in [3.05, 3.63) is 46.0 Å². The molecule has 5 rings (SSSR count). The van der Waals surface area contributed by atoms with Gasteiger partial charge < -0.3 is 19.7 Å². The Balaban J connectivity index is 1.31. The zero-order chi connectivity index (χ0) is 30.0. The van der Waals surface area contributed by atoms with E-state index in [0.29, 0.717) is 35.5 Å². The molecule has 0 unspecified atom stereocenters. The van der Waals surface area contributed by atoms with Crippen molar-refractivity contribution < 1.29 is 22.2 Å². The minimum Gasteiger partial charge on any atom is -0.368 e. The minimum absolute atomic E-state index is 0.0191. The molecular weight excluding hydrogens is 564 g/mol. The van der Waals surface area contributed by atoms with Crippen LogP contribution < -0.4 is 21.1 Å². The molecule has 0 radical (unpaired) electrons. The monoisotopic (exact) mass is 598 g/mol. The first-order valence-electron chi connectivity index (χ1n) is 14.0. The van der Waals surface area contributed by atoms with Crippen LogP contribution >= 0.6 is 0 Å². The Morgan fingerprint density at radius 3 is 2.40 bits per heavy atom. The number of amides is 1. The molecule has 1 aliphatic heterocycles. The van der Waals surface area contributed by atoms with Crippen LogP contribution in [0.4, 0.5) is 22.2 Å². The molecule has 2 aliphatic rings. The molecule has 0 bridgehead atoms. The second-order valence-electron chi connectivity index (χ2n) is 10.4. The third-order valence-corrected chi connectivity index (χ3v) is 9.02. The van der Waals surface area contributed by atoms with Gasteiger partial charge in [-0.3, -0.25) is 14.2 Å². The second-order valence-corrected chi connectivity index (χ2v) is 11.9. The summed E-state index contributed by atoms with van der Waals surface area (Å²) in [5, 5.41) is 6.07. The molecule has 1 aliphatic carbocycles. The standard InChI is InChI=1S/C27H34N8O6S/c1-4-28-27(38)41-42(39,40)34-13-11-33(12-14-34)20-9-10-22(29-15-20)31-26-30-16-21-17(2)23(18(3)36)25(37)35(24(21)32-26)19-7-5-6-8-19/h9-10,15-16,19H,4-8,11-14H2,1-3H3,(H,28,38)(H,29,30,31,32). The number of aromatic nitrogens is 4. The zero-order valence-electron chi connectivity index (χ0n) is 23.8. The van der Waals surface area contributed by atoms with Gasteiger partial charge in [0, 0.05) is 50.3 Å². The predicted octanol–water partition coefficient (Wildman–Crippen LogP) is 2.67. The number of aryl methyl sites for hydroxylation is 1. The lowest BCUT2D eigenvalue weighted by atomic mass is 10.0. The van der Waals surface area contributed by atoms with Gasteiger partial charge in [-0.05, 0) is 51.3 Å². The maximum Gasteiger partial charge on any atom is 0.423 e. The molecule has 0 atom stereocenters. The van der Waals surface area contributed by atoms with Crippen molar-refractivity contribution in [3.63, 3.8) is 0 Å². The molecule has 4 heterocycles. The Morgan fingerprint density at radius 2 is 1.79 bits per heavy atom. The fourth-order valence-electron chi connectivity index (χ4n) is 5.56. The number of hydrogen-bond donors (Lipinski definition) is 2. The van der Waals surface area contributed by atoms with Gasteiger partial charge in [-0.15, -0.1) is 0 Å². The minimum atomic E-state index is -4.17. The fourth-order valence-corrected chi connectivity index (χ4v) is 6.53. The molecule has 42 heavy (non-hydrogen) atoms. The molecule has 3 aromatic heterocycles. The summed E-state index contributed by atoms with van der Waals surface area (Å²) < 4.78 is 32.1. The normalized spacial score (nSPS) is 16.5. The van der Waals surface area contributed by atoms with Crippen LogP contribution in [0.15, 0.2) is 29.3 Å². The lowest BCUT2D eigenvalue weighted by molar-refractivity contribution is 0.101. The van der Waals surface area contributed by atoms with Crippen LogP contribution in [0.2, 0.25) is 0 Å². The number of hydrogen-bond acceptors (Lipinski definition) is 11. The fraction of sp³-hybridized carbons (Fsp3) is 0.481. The van der Waals surface area contributed by atoms with Crippen molar-refractivity contribution in [3.8, 4) is 0 Å². The maximum absolute atomic E-state index is 13.4. The highest BCUT2D eigenvalue weighted by molar-refractivity contribution is 7.84. The summed E-state index contributed by atoms with van der Waals surface area (Å²) >= 11 is 0. The summed E-state index contributed by atoms with van der Waals surface area (Å²) in [6, 6.07) is 3.59. The lowest BCUT2D eigenvalue weighted by Gasteiger charge is -2.34. The van der Waals surface area contributed by atoms with E-state index in [1.54, 1.807) is 36.9 Å². The number of nitrogens with zero attached hydrogens (tertiary/aromatic N) is 6. The Hall–Kier alpha value is -4.11. The number of carbonyl (C=O) groups excluding carboxylic acids is 2. The number of anilines is 3. The van der Waals surface area contributed by atoms with Crippen LogP contribution in [0, 0.1) is 6.92 Å². The van der Waals surface area contributed by atoms with E-state index in [2.05, 4.69) is 29.8 Å². The van der Waals surface area contributed by atoms with Gasteiger partial charge in [0.2, 0.25) is 5.95 Å². The van der Waals surface area contributed by atoms with Crippen molar-refractivity contribution in [2.24, 2.45) is 0 Å². The Labute approximate surface area is 243 Å². The first-order valence-corrected chi connectivity index (χ1v) is 15.3. The van der Waals surface area contributed by atoms with Gasteiger partial charge in [-0.1, -0.05) is 12.8 Å². The van der Waals surface area contributed by atoms with E-state index in [4.69, 9.17) is 0 Å². The Bertz CT molecular complexity index is 1660. The molecule has 2 fully saturated rings. The average molecular weight is 599 g/mol. The first kappa shape index (κ1) is 29.4. The van der Waals surface area contributed by atoms with Crippen LogP contribution in [0.3, 0.4) is 0 Å². The summed E-state index contributed by atoms with van der Waals surface area (Å²) in [7, 11) is -4.17. The van der Waals surface area contributed by atoms with Crippen molar-refractivity contribution in [2.45, 2.75) is 52.5 Å². The highest BCUT2D eigenvalue weighted by Crippen LogP contribution is 2.32. The maximum atomic E-state index is 13.4. The molecule has 3 aromatic rings. The summed E-state index contributed by atoms with van der Waals surface area (Å²) in [5.41, 5.74) is 1.74. The molecule has 1 saturated heterocycles. The van der Waals surface area contributed by atoms with Gasteiger partial charge in [0.15, 0.2) is 5.78 Å². The number of rotatable bonds is 8. The largest absolute Gasteiger partial charge is 0.423 e. The van der Waals surface area contributed by atoms with E-state index in [9.17, 15) is 22.8 Å². The van der Waals surface area contributed by atoms with Crippen molar-refractivity contribution in [1.29, 1.82) is 0 Å². The van der Waals surface area contributed by atoms with E-state index in [1.165, 1.54) is 6.92 Å². The topological polar surface area (TPSA) is 169 Å². The van der Waals surface area contributed by atoms with Crippen LogP contribution in [0.25, 0.3) is 11.0 Å². The second kappa shape index (κ2) is 12.0. The molecule has 1 saturated carbocycles. The number of nitrogens with one attached hydrogen (secondary N) is 2. The Morgan fingerprint density at radius 1 is 1.07 bits per heavy atom. The van der Waals surface area contributed by atoms with E-state index in [-0.39, 0.29) is 48.5 Å². The van der Waals surface area contributed by atoms with Crippen molar-refractivity contribution >= 4 is 50.7 Å². The van der Waals surface area contributed by atoms with Crippen LogP contribution in [-0.4, -0.2) is 76.8 Å². The summed E-state index contributed by atoms with van der Waals surface area (Å²) in [6.45, 7) is 6.17. The SMILES string of the molecule is CCNC(=O)OS(=O)(=O)N1CCN(c2ccc(Nc3ncc4c(C)c(C(C)=O)c(=O)n(C5CCCC5)c4n3)nc2)CC1. The quantitative estimate of drug-likeness (QED) is 0.366. The molecule has 224 valence electrons. The molecule has 0 aromatic carbocycles. The van der Waals surface area contributed by atoms with Gasteiger partial charge in [-0.2, -0.15) is 17.7 Å². The van der Waals surface area contributed by atoms with E-state index in [1.807, 2.05) is 11.0 Å². The molecular formula is C27H34N8O6S. The van der Waals surface area contributed by atoms with Gasteiger partial charge in [0.05, 0.1) is 17.4 Å². The average Bonchev–Trinajstić information content (AvgIpc) is 3.48. The predicted molar refractivity (Wildman–Crippen MR) is 156 cm³/mol. The molecule has 15 heteroatoms. The van der Waals surface area contributed by atoms with Crippen molar-refractivity contribution in [1.82, 2.24) is 29.1 Å².